The van der Waals surface area contributed by atoms with E-state index < -0.39 is 67.8 Å². The summed E-state index contributed by atoms with van der Waals surface area (Å²) in [6, 6.07) is 8.17. The average molecular weight is 673 g/mol. The predicted octanol–water partition coefficient (Wildman–Crippen LogP) is 4.57. The van der Waals surface area contributed by atoms with Crippen molar-refractivity contribution in [3.63, 3.8) is 0 Å². The van der Waals surface area contributed by atoms with Crippen molar-refractivity contribution in [2.45, 2.75) is 30.5 Å². The number of amides is 1. The van der Waals surface area contributed by atoms with Crippen LogP contribution in [0.2, 0.25) is 0 Å². The number of fused-ring (bicyclic) bond motifs is 1. The molecule has 3 heterocycles. The van der Waals surface area contributed by atoms with Gasteiger partial charge in [-0.25, -0.2) is 31.5 Å². The van der Waals surface area contributed by atoms with Crippen LogP contribution in [0.4, 0.5) is 27.8 Å². The minimum Gasteiger partial charge on any atom is -0.352 e. The second-order valence-electron chi connectivity index (χ2n) is 10.8. The van der Waals surface area contributed by atoms with Gasteiger partial charge in [-0.3, -0.25) is 4.79 Å². The monoisotopic (exact) mass is 672 g/mol. The fourth-order valence-electron chi connectivity index (χ4n) is 5.68. The summed E-state index contributed by atoms with van der Waals surface area (Å²) in [5.41, 5.74) is -5.45. The molecular formula is C31H25F5N6O4S. The minimum absolute atomic E-state index is 0.0287. The summed E-state index contributed by atoms with van der Waals surface area (Å²) < 4.78 is 99.5. The first-order valence-corrected chi connectivity index (χ1v) is 15.8. The molecule has 5 rings (SSSR count). The van der Waals surface area contributed by atoms with E-state index in [4.69, 9.17) is 0 Å². The highest BCUT2D eigenvalue weighted by molar-refractivity contribution is 7.90. The van der Waals surface area contributed by atoms with Crippen LogP contribution >= 0.6 is 0 Å². The maximum atomic E-state index is 16.0. The summed E-state index contributed by atoms with van der Waals surface area (Å²) in [7, 11) is -4.04. The molecule has 1 fully saturated rings. The minimum atomic E-state index is -5.12. The van der Waals surface area contributed by atoms with Gasteiger partial charge < -0.3 is 9.80 Å². The molecule has 0 aliphatic carbocycles. The van der Waals surface area contributed by atoms with E-state index in [2.05, 4.69) is 16.5 Å². The molecule has 47 heavy (non-hydrogen) atoms. The first-order valence-electron chi connectivity index (χ1n) is 13.9. The summed E-state index contributed by atoms with van der Waals surface area (Å²) >= 11 is 0. The van der Waals surface area contributed by atoms with Crippen molar-refractivity contribution in [2.24, 2.45) is 0 Å². The predicted molar refractivity (Wildman–Crippen MR) is 161 cm³/mol. The molecule has 1 unspecified atom stereocenters. The molecule has 244 valence electrons. The number of rotatable bonds is 6. The Morgan fingerprint density at radius 3 is 2.47 bits per heavy atom. The fraction of sp³-hybridized carbons (Fsp3) is 0.258. The number of piperazine rings is 1. The summed E-state index contributed by atoms with van der Waals surface area (Å²) in [4.78, 5) is 37.1. The molecule has 1 aliphatic heterocycles. The molecule has 2 aromatic carbocycles. The Labute approximate surface area is 264 Å². The van der Waals surface area contributed by atoms with Gasteiger partial charge in [0, 0.05) is 25.9 Å². The molecule has 4 aromatic rings. The van der Waals surface area contributed by atoms with Gasteiger partial charge in [0.25, 0.3) is 0 Å². The molecule has 10 nitrogen and oxygen atoms in total. The Kier molecular flexibility index (Phi) is 8.63. The van der Waals surface area contributed by atoms with Crippen LogP contribution in [0.15, 0.2) is 64.8 Å². The maximum absolute atomic E-state index is 16.0. The SMILES string of the molecule is C=CC(=O)N1CCN(c2nc(=O)n(-c3c(C)cccc3S(C)(=O)=O)c3nc(-c4c(F)cccc4C(F)(F)F)c(F)cc23)CC1CC#N. The number of halogens is 5. The number of nitrogens with zero attached hydrogens (tertiary/aromatic N) is 6. The van der Waals surface area contributed by atoms with Crippen molar-refractivity contribution in [1.29, 1.82) is 5.26 Å². The Hall–Kier alpha value is -5.17. The number of hydrogen-bond donors (Lipinski definition) is 0. The van der Waals surface area contributed by atoms with E-state index in [0.29, 0.717) is 12.1 Å². The van der Waals surface area contributed by atoms with Gasteiger partial charge in [0.05, 0.1) is 45.6 Å². The van der Waals surface area contributed by atoms with Gasteiger partial charge in [-0.15, -0.1) is 0 Å². The van der Waals surface area contributed by atoms with Crippen LogP contribution in [-0.2, 0) is 20.8 Å². The lowest BCUT2D eigenvalue weighted by Crippen LogP contribution is -2.55. The first-order chi connectivity index (χ1) is 22.1. The molecular weight excluding hydrogens is 647 g/mol. The lowest BCUT2D eigenvalue weighted by Gasteiger charge is -2.41. The Morgan fingerprint density at radius 2 is 1.83 bits per heavy atom. The van der Waals surface area contributed by atoms with Gasteiger partial charge in [-0.05, 0) is 42.8 Å². The number of carbonyl (C=O) groups is 1. The van der Waals surface area contributed by atoms with Crippen molar-refractivity contribution in [1.82, 2.24) is 19.4 Å². The van der Waals surface area contributed by atoms with Crippen LogP contribution < -0.4 is 10.6 Å². The van der Waals surface area contributed by atoms with E-state index in [1.165, 1.54) is 34.9 Å². The average Bonchev–Trinajstić information content (AvgIpc) is 3.00. The van der Waals surface area contributed by atoms with Crippen LogP contribution in [0.5, 0.6) is 0 Å². The summed E-state index contributed by atoms with van der Waals surface area (Å²) in [6.07, 6.45) is -3.29. The Morgan fingerprint density at radius 1 is 1.13 bits per heavy atom. The molecule has 0 saturated carbocycles. The van der Waals surface area contributed by atoms with E-state index in [1.54, 1.807) is 0 Å². The number of carbonyl (C=O) groups excluding carboxylic acids is 1. The van der Waals surface area contributed by atoms with Crippen LogP contribution in [0.3, 0.4) is 0 Å². The molecule has 1 aliphatic rings. The number of pyridine rings is 1. The molecule has 1 saturated heterocycles. The van der Waals surface area contributed by atoms with Crippen molar-refractivity contribution in [2.75, 3.05) is 30.8 Å². The molecule has 0 spiro atoms. The Balaban J connectivity index is 1.88. The maximum Gasteiger partial charge on any atom is 0.417 e. The Bertz CT molecular complexity index is 2160. The van der Waals surface area contributed by atoms with Gasteiger partial charge in [-0.1, -0.05) is 24.8 Å². The topological polar surface area (TPSA) is 129 Å². The van der Waals surface area contributed by atoms with Gasteiger partial charge >= 0.3 is 11.9 Å². The lowest BCUT2D eigenvalue weighted by molar-refractivity contribution is -0.137. The number of hydrogen-bond acceptors (Lipinski definition) is 8. The summed E-state index contributed by atoms with van der Waals surface area (Å²) in [5, 5.41) is 9.18. The van der Waals surface area contributed by atoms with Gasteiger partial charge in [0.15, 0.2) is 21.3 Å². The second-order valence-corrected chi connectivity index (χ2v) is 12.8. The van der Waals surface area contributed by atoms with Gasteiger partial charge in [0.2, 0.25) is 5.91 Å². The second kappa shape index (κ2) is 12.2. The van der Waals surface area contributed by atoms with Crippen LogP contribution in [0, 0.1) is 29.9 Å². The zero-order chi connectivity index (χ0) is 34.4. The summed E-state index contributed by atoms with van der Waals surface area (Å²) in [5.74, 6) is -3.46. The molecule has 1 amide bonds. The molecule has 2 aromatic heterocycles. The number of sulfone groups is 1. The first kappa shape index (κ1) is 33.2. The van der Waals surface area contributed by atoms with E-state index >= 15 is 8.78 Å². The zero-order valence-corrected chi connectivity index (χ0v) is 25.7. The van der Waals surface area contributed by atoms with Crippen molar-refractivity contribution in [3.05, 3.63) is 88.4 Å². The number of aromatic nitrogens is 3. The third-order valence-electron chi connectivity index (χ3n) is 7.75. The molecule has 0 N–H and O–H groups in total. The van der Waals surface area contributed by atoms with Crippen molar-refractivity contribution in [3.8, 4) is 23.0 Å². The standard InChI is InChI=1S/C31H25F5N6O4S/c1-4-24(43)41-14-13-40(16-18(41)11-12-37)28-19-15-22(33)26(25-20(31(34,35)36)8-6-9-21(25)32)38-29(19)42(30(44)39-28)27-17(2)7-5-10-23(27)47(3,45)46/h4-10,15,18H,1,11,13-14,16H2,2-3H3. The van der Waals surface area contributed by atoms with E-state index in [-0.39, 0.29) is 53.4 Å². The number of anilines is 1. The van der Waals surface area contributed by atoms with Gasteiger partial charge in [0.1, 0.15) is 17.3 Å². The third-order valence-corrected chi connectivity index (χ3v) is 8.88. The highest BCUT2D eigenvalue weighted by Gasteiger charge is 2.37. The van der Waals surface area contributed by atoms with Crippen LogP contribution in [0.25, 0.3) is 28.0 Å². The number of nitriles is 1. The fourth-order valence-corrected chi connectivity index (χ4v) is 6.61. The third kappa shape index (κ3) is 6.06. The van der Waals surface area contributed by atoms with Crippen molar-refractivity contribution < 1.29 is 35.2 Å². The molecule has 16 heteroatoms. The summed E-state index contributed by atoms with van der Waals surface area (Å²) in [6.45, 7) is 4.95. The molecule has 0 radical (unpaired) electrons. The number of aryl methyl sites for hydroxylation is 1. The highest BCUT2D eigenvalue weighted by Crippen LogP contribution is 2.40. The van der Waals surface area contributed by atoms with Crippen LogP contribution in [0.1, 0.15) is 17.5 Å². The normalized spacial score (nSPS) is 15.5. The van der Waals surface area contributed by atoms with Crippen molar-refractivity contribution >= 4 is 32.6 Å². The number of para-hydroxylation sites is 1. The number of alkyl halides is 3. The quantitative estimate of drug-likeness (QED) is 0.215. The van der Waals surface area contributed by atoms with E-state index in [0.717, 1.165) is 29.0 Å². The van der Waals surface area contributed by atoms with Crippen LogP contribution in [-0.4, -0.2) is 65.7 Å². The zero-order valence-electron chi connectivity index (χ0n) is 24.8. The molecule has 0 bridgehead atoms. The van der Waals surface area contributed by atoms with E-state index in [1.807, 2.05) is 6.07 Å². The molecule has 1 atom stereocenters. The largest absolute Gasteiger partial charge is 0.417 e. The number of benzene rings is 2. The lowest BCUT2D eigenvalue weighted by atomic mass is 10.0. The van der Waals surface area contributed by atoms with E-state index in [9.17, 15) is 36.4 Å². The smallest absolute Gasteiger partial charge is 0.352 e. The highest BCUT2D eigenvalue weighted by atomic mass is 32.2. The van der Waals surface area contributed by atoms with Gasteiger partial charge in [-0.2, -0.15) is 23.4 Å².